The van der Waals surface area contributed by atoms with Gasteiger partial charge in [-0.3, -0.25) is 4.79 Å². The Balaban J connectivity index is 1.67. The zero-order valence-electron chi connectivity index (χ0n) is 12.3. The Morgan fingerprint density at radius 2 is 2.18 bits per heavy atom. The van der Waals surface area contributed by atoms with E-state index in [0.29, 0.717) is 18.9 Å². The molecule has 7 nitrogen and oxygen atoms in total. The molecule has 0 aliphatic carbocycles. The molecule has 1 saturated heterocycles. The molecule has 1 unspecified atom stereocenters. The quantitative estimate of drug-likeness (QED) is 0.833. The van der Waals surface area contributed by atoms with Crippen molar-refractivity contribution in [2.45, 2.75) is 25.1 Å². The fourth-order valence-corrected chi connectivity index (χ4v) is 2.41. The number of benzene rings is 1. The van der Waals surface area contributed by atoms with Crippen LogP contribution in [0.1, 0.15) is 24.3 Å². The van der Waals surface area contributed by atoms with Crippen molar-refractivity contribution in [1.29, 1.82) is 0 Å². The van der Waals surface area contributed by atoms with Gasteiger partial charge in [-0.1, -0.05) is 35.5 Å². The van der Waals surface area contributed by atoms with Crippen LogP contribution in [0.2, 0.25) is 0 Å². The summed E-state index contributed by atoms with van der Waals surface area (Å²) in [5.74, 6) is -0.172. The van der Waals surface area contributed by atoms with Crippen LogP contribution < -0.4 is 5.32 Å². The SMILES string of the molecule is CC(O)c1cn(CC(=O)NC2(c3ccccc3)COC2)nn1. The van der Waals surface area contributed by atoms with Crippen LogP contribution in [-0.2, 0) is 21.6 Å². The maximum Gasteiger partial charge on any atom is 0.242 e. The van der Waals surface area contributed by atoms with E-state index in [1.165, 1.54) is 4.68 Å². The van der Waals surface area contributed by atoms with Crippen molar-refractivity contribution in [3.05, 3.63) is 47.8 Å². The first-order valence-corrected chi connectivity index (χ1v) is 7.11. The summed E-state index contributed by atoms with van der Waals surface area (Å²) in [6.07, 6.45) is 0.865. The average molecular weight is 302 g/mol. The maximum absolute atomic E-state index is 12.3. The first-order valence-electron chi connectivity index (χ1n) is 7.11. The second-order valence-corrected chi connectivity index (χ2v) is 5.51. The molecule has 0 radical (unpaired) electrons. The number of amides is 1. The Labute approximate surface area is 127 Å². The predicted molar refractivity (Wildman–Crippen MR) is 77.7 cm³/mol. The van der Waals surface area contributed by atoms with Gasteiger partial charge in [0.25, 0.3) is 0 Å². The van der Waals surface area contributed by atoms with Gasteiger partial charge >= 0.3 is 0 Å². The monoisotopic (exact) mass is 302 g/mol. The summed E-state index contributed by atoms with van der Waals surface area (Å²) >= 11 is 0. The summed E-state index contributed by atoms with van der Waals surface area (Å²) in [4.78, 5) is 12.3. The normalized spacial score (nSPS) is 17.5. The molecule has 1 atom stereocenters. The molecule has 1 aliphatic heterocycles. The Morgan fingerprint density at radius 3 is 2.73 bits per heavy atom. The molecule has 1 aromatic carbocycles. The van der Waals surface area contributed by atoms with Gasteiger partial charge in [0, 0.05) is 0 Å². The number of aliphatic hydroxyl groups is 1. The van der Waals surface area contributed by atoms with Gasteiger partial charge in [-0.2, -0.15) is 0 Å². The topological polar surface area (TPSA) is 89.3 Å². The largest absolute Gasteiger partial charge is 0.387 e. The Hall–Kier alpha value is -2.25. The van der Waals surface area contributed by atoms with Crippen molar-refractivity contribution in [3.8, 4) is 0 Å². The van der Waals surface area contributed by atoms with Crippen LogP contribution in [0.25, 0.3) is 0 Å². The average Bonchev–Trinajstić information content (AvgIpc) is 2.92. The second-order valence-electron chi connectivity index (χ2n) is 5.51. The highest BCUT2D eigenvalue weighted by Gasteiger charge is 2.41. The minimum absolute atomic E-state index is 0.0499. The Kier molecular flexibility index (Phi) is 3.91. The number of aromatic nitrogens is 3. The third-order valence-electron chi connectivity index (χ3n) is 3.69. The molecular weight excluding hydrogens is 284 g/mol. The molecule has 0 saturated carbocycles. The van der Waals surface area contributed by atoms with Crippen molar-refractivity contribution >= 4 is 5.91 Å². The molecule has 0 bridgehead atoms. The highest BCUT2D eigenvalue weighted by Crippen LogP contribution is 2.29. The predicted octanol–water partition coefficient (Wildman–Crippen LogP) is 0.373. The molecule has 2 N–H and O–H groups in total. The fraction of sp³-hybridized carbons (Fsp3) is 0.400. The molecule has 1 aromatic heterocycles. The number of rotatable bonds is 5. The van der Waals surface area contributed by atoms with E-state index in [1.54, 1.807) is 13.1 Å². The summed E-state index contributed by atoms with van der Waals surface area (Å²) in [5, 5.41) is 20.1. The van der Waals surface area contributed by atoms with Gasteiger partial charge in [-0.25, -0.2) is 4.68 Å². The third-order valence-corrected chi connectivity index (χ3v) is 3.69. The molecule has 1 fully saturated rings. The van der Waals surface area contributed by atoms with E-state index < -0.39 is 11.6 Å². The van der Waals surface area contributed by atoms with Gasteiger partial charge in [0.1, 0.15) is 17.8 Å². The standard InChI is InChI=1S/C15H18N4O3/c1-11(20)13-7-19(18-17-13)8-14(21)16-15(9-22-10-15)12-5-3-2-4-6-12/h2-7,11,20H,8-10H2,1H3,(H,16,21). The molecule has 1 amide bonds. The lowest BCUT2D eigenvalue weighted by atomic mass is 9.88. The summed E-state index contributed by atoms with van der Waals surface area (Å²) in [7, 11) is 0. The Morgan fingerprint density at radius 1 is 1.45 bits per heavy atom. The van der Waals surface area contributed by atoms with E-state index in [1.807, 2.05) is 30.3 Å². The zero-order chi connectivity index (χ0) is 15.6. The van der Waals surface area contributed by atoms with Gasteiger partial charge in [-0.15, -0.1) is 5.10 Å². The number of carbonyl (C=O) groups excluding carboxylic acids is 1. The van der Waals surface area contributed by atoms with E-state index >= 15 is 0 Å². The van der Waals surface area contributed by atoms with Crippen molar-refractivity contribution in [2.24, 2.45) is 0 Å². The van der Waals surface area contributed by atoms with Crippen LogP contribution in [0.5, 0.6) is 0 Å². The van der Waals surface area contributed by atoms with Gasteiger partial charge in [0.15, 0.2) is 0 Å². The molecular formula is C15H18N4O3. The first kappa shape index (κ1) is 14.7. The molecule has 1 aliphatic rings. The number of nitrogens with zero attached hydrogens (tertiary/aromatic N) is 3. The lowest BCUT2D eigenvalue weighted by molar-refractivity contribution is -0.134. The molecule has 0 spiro atoms. The molecule has 2 heterocycles. The van der Waals surface area contributed by atoms with Crippen molar-refractivity contribution in [3.63, 3.8) is 0 Å². The summed E-state index contributed by atoms with van der Waals surface area (Å²) < 4.78 is 6.71. The smallest absolute Gasteiger partial charge is 0.242 e. The van der Waals surface area contributed by atoms with Crippen LogP contribution >= 0.6 is 0 Å². The number of aliphatic hydroxyl groups excluding tert-OH is 1. The van der Waals surface area contributed by atoms with E-state index in [0.717, 1.165) is 5.56 Å². The van der Waals surface area contributed by atoms with Crippen molar-refractivity contribution in [2.75, 3.05) is 13.2 Å². The van der Waals surface area contributed by atoms with Crippen LogP contribution in [0, 0.1) is 0 Å². The summed E-state index contributed by atoms with van der Waals surface area (Å²) in [5.41, 5.74) is 1.00. The van der Waals surface area contributed by atoms with Crippen LogP contribution in [0.4, 0.5) is 0 Å². The number of hydrogen-bond acceptors (Lipinski definition) is 5. The molecule has 3 rings (SSSR count). The third kappa shape index (κ3) is 2.86. The lowest BCUT2D eigenvalue weighted by Gasteiger charge is -2.42. The van der Waals surface area contributed by atoms with Crippen molar-refractivity contribution < 1.29 is 14.6 Å². The molecule has 22 heavy (non-hydrogen) atoms. The maximum atomic E-state index is 12.3. The lowest BCUT2D eigenvalue weighted by Crippen LogP contribution is -2.59. The van der Waals surface area contributed by atoms with Gasteiger partial charge in [0.2, 0.25) is 5.91 Å². The van der Waals surface area contributed by atoms with E-state index in [-0.39, 0.29) is 12.5 Å². The van der Waals surface area contributed by atoms with Crippen LogP contribution in [-0.4, -0.2) is 39.2 Å². The van der Waals surface area contributed by atoms with E-state index in [2.05, 4.69) is 15.6 Å². The van der Waals surface area contributed by atoms with Gasteiger partial charge in [-0.05, 0) is 12.5 Å². The minimum Gasteiger partial charge on any atom is -0.387 e. The summed E-state index contributed by atoms with van der Waals surface area (Å²) in [6.45, 7) is 2.57. The number of hydrogen-bond donors (Lipinski definition) is 2. The molecule has 7 heteroatoms. The Bertz CT molecular complexity index is 650. The van der Waals surface area contributed by atoms with Crippen LogP contribution in [0.3, 0.4) is 0 Å². The minimum atomic E-state index is -0.701. The number of ether oxygens (including phenoxy) is 1. The van der Waals surface area contributed by atoms with E-state index in [9.17, 15) is 9.90 Å². The van der Waals surface area contributed by atoms with Gasteiger partial charge < -0.3 is 15.2 Å². The number of nitrogens with one attached hydrogen (secondary N) is 1. The van der Waals surface area contributed by atoms with Gasteiger partial charge in [0.05, 0.1) is 25.5 Å². The molecule has 2 aromatic rings. The first-order chi connectivity index (χ1) is 10.6. The molecule has 116 valence electrons. The summed E-state index contributed by atoms with van der Waals surface area (Å²) in [6, 6.07) is 9.76. The highest BCUT2D eigenvalue weighted by atomic mass is 16.5. The highest BCUT2D eigenvalue weighted by molar-refractivity contribution is 5.77. The van der Waals surface area contributed by atoms with Crippen LogP contribution in [0.15, 0.2) is 36.5 Å². The zero-order valence-corrected chi connectivity index (χ0v) is 12.3. The second kappa shape index (κ2) is 5.86. The van der Waals surface area contributed by atoms with E-state index in [4.69, 9.17) is 4.74 Å². The fourth-order valence-electron chi connectivity index (χ4n) is 2.41. The number of carbonyl (C=O) groups is 1. The van der Waals surface area contributed by atoms with Crippen molar-refractivity contribution in [1.82, 2.24) is 20.3 Å².